The van der Waals surface area contributed by atoms with Gasteiger partial charge in [0.2, 0.25) is 0 Å². The molecule has 0 radical (unpaired) electrons. The quantitative estimate of drug-likeness (QED) is 0.426. The molecular weight excluding hydrogens is 100 g/mol. The maximum atomic E-state index is 5.26. The molecule has 1 fully saturated rings. The minimum atomic E-state index is 0.773. The average Bonchev–Trinajstić information content (AvgIpc) is 2.15. The second-order valence-corrected chi connectivity index (χ2v) is 2.63. The van der Waals surface area contributed by atoms with Crippen molar-refractivity contribution in [2.24, 2.45) is 11.8 Å². The summed E-state index contributed by atoms with van der Waals surface area (Å²) in [7, 11) is 0. The monoisotopic (exact) mass is 110 g/mol. The predicted octanol–water partition coefficient (Wildman–Crippen LogP) is 1.21. The molecule has 1 heterocycles. The Balaban J connectivity index is 2.13. The van der Waals surface area contributed by atoms with Gasteiger partial charge in [-0.3, -0.25) is 0 Å². The summed E-state index contributed by atoms with van der Waals surface area (Å²) in [5, 5.41) is 0. The van der Waals surface area contributed by atoms with E-state index in [-0.39, 0.29) is 0 Å². The number of allylic oxidation sites excluding steroid dienone is 1. The number of hydrogen-bond donors (Lipinski definition) is 0. The van der Waals surface area contributed by atoms with Crippen molar-refractivity contribution in [2.75, 3.05) is 13.2 Å². The molecule has 0 aromatic rings. The van der Waals surface area contributed by atoms with Crippen molar-refractivity contribution >= 4 is 0 Å². The van der Waals surface area contributed by atoms with Crippen LogP contribution in [0.1, 0.15) is 6.42 Å². The summed E-state index contributed by atoms with van der Waals surface area (Å²) < 4.78 is 5.26. The molecule has 0 spiro atoms. The SMILES string of the molecule is C1=C[C@@H]2COC[C@@H]2C1. The summed E-state index contributed by atoms with van der Waals surface area (Å²) in [5.41, 5.74) is 0. The molecular formula is C7H10O. The summed E-state index contributed by atoms with van der Waals surface area (Å²) in [4.78, 5) is 0. The van der Waals surface area contributed by atoms with Crippen molar-refractivity contribution in [3.8, 4) is 0 Å². The third-order valence-corrected chi connectivity index (χ3v) is 2.07. The molecule has 44 valence electrons. The van der Waals surface area contributed by atoms with E-state index in [0.29, 0.717) is 0 Å². The van der Waals surface area contributed by atoms with Crippen molar-refractivity contribution in [2.45, 2.75) is 6.42 Å². The van der Waals surface area contributed by atoms with Crippen LogP contribution in [-0.2, 0) is 4.74 Å². The Labute approximate surface area is 49.3 Å². The van der Waals surface area contributed by atoms with Crippen LogP contribution in [0.4, 0.5) is 0 Å². The van der Waals surface area contributed by atoms with Gasteiger partial charge in [0.1, 0.15) is 0 Å². The van der Waals surface area contributed by atoms with Gasteiger partial charge in [-0.05, 0) is 12.3 Å². The molecule has 1 aliphatic heterocycles. The maximum Gasteiger partial charge on any atom is 0.0532 e. The van der Waals surface area contributed by atoms with E-state index >= 15 is 0 Å². The van der Waals surface area contributed by atoms with Gasteiger partial charge in [-0.1, -0.05) is 12.2 Å². The van der Waals surface area contributed by atoms with Crippen LogP contribution < -0.4 is 0 Å². The van der Waals surface area contributed by atoms with Gasteiger partial charge in [0.15, 0.2) is 0 Å². The number of rotatable bonds is 0. The molecule has 0 bridgehead atoms. The van der Waals surface area contributed by atoms with Crippen molar-refractivity contribution in [1.29, 1.82) is 0 Å². The Morgan fingerprint density at radius 1 is 1.38 bits per heavy atom. The molecule has 1 nitrogen and oxygen atoms in total. The third kappa shape index (κ3) is 0.511. The minimum absolute atomic E-state index is 0.773. The lowest BCUT2D eigenvalue weighted by molar-refractivity contribution is 0.182. The van der Waals surface area contributed by atoms with Crippen LogP contribution in [0.2, 0.25) is 0 Å². The Morgan fingerprint density at radius 3 is 3.25 bits per heavy atom. The highest BCUT2D eigenvalue weighted by Gasteiger charge is 2.27. The van der Waals surface area contributed by atoms with Crippen molar-refractivity contribution in [3.05, 3.63) is 12.2 Å². The molecule has 2 aliphatic rings. The van der Waals surface area contributed by atoms with Gasteiger partial charge >= 0.3 is 0 Å². The molecule has 8 heavy (non-hydrogen) atoms. The van der Waals surface area contributed by atoms with Crippen LogP contribution in [0.15, 0.2) is 12.2 Å². The Kier molecular flexibility index (Phi) is 0.908. The van der Waals surface area contributed by atoms with E-state index in [1.807, 2.05) is 0 Å². The molecule has 1 aliphatic carbocycles. The Hall–Kier alpha value is -0.300. The highest BCUT2D eigenvalue weighted by Crippen LogP contribution is 2.30. The van der Waals surface area contributed by atoms with Gasteiger partial charge < -0.3 is 4.74 Å². The second-order valence-electron chi connectivity index (χ2n) is 2.63. The Morgan fingerprint density at radius 2 is 2.38 bits per heavy atom. The summed E-state index contributed by atoms with van der Waals surface area (Å²) in [6.07, 6.45) is 5.82. The summed E-state index contributed by atoms with van der Waals surface area (Å²) in [6, 6.07) is 0. The second kappa shape index (κ2) is 1.59. The van der Waals surface area contributed by atoms with Crippen LogP contribution in [0.3, 0.4) is 0 Å². The van der Waals surface area contributed by atoms with Gasteiger partial charge in [0.05, 0.1) is 13.2 Å². The molecule has 1 heteroatoms. The van der Waals surface area contributed by atoms with Gasteiger partial charge in [-0.2, -0.15) is 0 Å². The van der Waals surface area contributed by atoms with Crippen LogP contribution in [0.5, 0.6) is 0 Å². The van der Waals surface area contributed by atoms with Crippen LogP contribution in [-0.4, -0.2) is 13.2 Å². The Bertz CT molecular complexity index is 118. The van der Waals surface area contributed by atoms with E-state index in [9.17, 15) is 0 Å². The van der Waals surface area contributed by atoms with Gasteiger partial charge in [0, 0.05) is 5.92 Å². The summed E-state index contributed by atoms with van der Waals surface area (Å²) in [6.45, 7) is 1.97. The van der Waals surface area contributed by atoms with E-state index < -0.39 is 0 Å². The summed E-state index contributed by atoms with van der Waals surface area (Å²) in [5.74, 6) is 1.62. The fourth-order valence-corrected chi connectivity index (χ4v) is 1.50. The first-order valence-electron chi connectivity index (χ1n) is 3.21. The number of fused-ring (bicyclic) bond motifs is 1. The topological polar surface area (TPSA) is 9.23 Å². The van der Waals surface area contributed by atoms with E-state index in [1.54, 1.807) is 0 Å². The van der Waals surface area contributed by atoms with Crippen LogP contribution in [0.25, 0.3) is 0 Å². The molecule has 0 N–H and O–H groups in total. The lowest BCUT2D eigenvalue weighted by atomic mass is 10.0. The van der Waals surface area contributed by atoms with Crippen LogP contribution in [0, 0.1) is 11.8 Å². The lowest BCUT2D eigenvalue weighted by Crippen LogP contribution is -2.02. The highest BCUT2D eigenvalue weighted by molar-refractivity contribution is 5.03. The molecule has 0 unspecified atom stereocenters. The van der Waals surface area contributed by atoms with Crippen molar-refractivity contribution in [3.63, 3.8) is 0 Å². The molecule has 0 amide bonds. The molecule has 1 saturated heterocycles. The molecule has 0 aromatic carbocycles. The first-order valence-corrected chi connectivity index (χ1v) is 3.21. The molecule has 2 atom stereocenters. The first kappa shape index (κ1) is 4.57. The van der Waals surface area contributed by atoms with E-state index in [1.165, 1.54) is 6.42 Å². The van der Waals surface area contributed by atoms with Crippen LogP contribution >= 0.6 is 0 Å². The fourth-order valence-electron chi connectivity index (χ4n) is 1.50. The maximum absolute atomic E-state index is 5.26. The third-order valence-electron chi connectivity index (χ3n) is 2.07. The van der Waals surface area contributed by atoms with E-state index in [0.717, 1.165) is 25.0 Å². The largest absolute Gasteiger partial charge is 0.381 e. The summed E-state index contributed by atoms with van der Waals surface area (Å²) >= 11 is 0. The van der Waals surface area contributed by atoms with Gasteiger partial charge in [0.25, 0.3) is 0 Å². The van der Waals surface area contributed by atoms with E-state index in [4.69, 9.17) is 4.74 Å². The lowest BCUT2D eigenvalue weighted by Gasteiger charge is -2.01. The van der Waals surface area contributed by atoms with Crippen molar-refractivity contribution in [1.82, 2.24) is 0 Å². The average molecular weight is 110 g/mol. The standard InChI is InChI=1S/C7H10O/c1-2-6-4-8-5-7(6)3-1/h1-2,6-7H,3-5H2/t6-,7+/m1/s1. The zero-order valence-corrected chi connectivity index (χ0v) is 4.84. The number of hydrogen-bond acceptors (Lipinski definition) is 1. The van der Waals surface area contributed by atoms with E-state index in [2.05, 4.69) is 12.2 Å². The molecule has 2 rings (SSSR count). The van der Waals surface area contributed by atoms with Gasteiger partial charge in [-0.25, -0.2) is 0 Å². The minimum Gasteiger partial charge on any atom is -0.381 e. The molecule has 0 saturated carbocycles. The number of ether oxygens (including phenoxy) is 1. The zero-order chi connectivity index (χ0) is 5.40. The molecule has 0 aromatic heterocycles. The highest BCUT2D eigenvalue weighted by atomic mass is 16.5. The smallest absolute Gasteiger partial charge is 0.0532 e. The first-order chi connectivity index (χ1) is 3.97. The van der Waals surface area contributed by atoms with Gasteiger partial charge in [-0.15, -0.1) is 0 Å². The normalized spacial score (nSPS) is 43.0. The van der Waals surface area contributed by atoms with Crippen molar-refractivity contribution < 1.29 is 4.74 Å². The fraction of sp³-hybridized carbons (Fsp3) is 0.714. The zero-order valence-electron chi connectivity index (χ0n) is 4.84. The predicted molar refractivity (Wildman–Crippen MR) is 31.6 cm³/mol.